The van der Waals surface area contributed by atoms with Crippen LogP contribution in [0.4, 0.5) is 4.39 Å². The molecule has 1 heterocycles. The van der Waals surface area contributed by atoms with Gasteiger partial charge in [-0.25, -0.2) is 4.39 Å². The van der Waals surface area contributed by atoms with Gasteiger partial charge in [0.25, 0.3) is 0 Å². The number of likely N-dealkylation sites (N-methyl/N-ethyl adjacent to an activating group) is 1. The number of piperidine rings is 1. The van der Waals surface area contributed by atoms with E-state index in [0.29, 0.717) is 0 Å². The topological polar surface area (TPSA) is 15.3 Å². The number of likely N-dealkylation sites (tertiary alicyclic amines) is 1. The van der Waals surface area contributed by atoms with Crippen molar-refractivity contribution in [3.05, 3.63) is 35.6 Å². The molecular weight excluding hydrogens is 215 g/mol. The number of hydrogen-bond donors (Lipinski definition) is 1. The van der Waals surface area contributed by atoms with E-state index in [1.54, 1.807) is 12.1 Å². The highest BCUT2D eigenvalue weighted by Crippen LogP contribution is 2.26. The molecular formula is C14H21FN2. The lowest BCUT2D eigenvalue weighted by molar-refractivity contribution is 0.163. The van der Waals surface area contributed by atoms with Crippen molar-refractivity contribution >= 4 is 0 Å². The molecule has 0 saturated carbocycles. The molecule has 1 fully saturated rings. The summed E-state index contributed by atoms with van der Waals surface area (Å²) >= 11 is 0. The molecule has 1 aliphatic heterocycles. The normalized spacial score (nSPS) is 20.4. The van der Waals surface area contributed by atoms with Crippen molar-refractivity contribution in [1.82, 2.24) is 10.2 Å². The van der Waals surface area contributed by atoms with Crippen molar-refractivity contribution in [1.29, 1.82) is 0 Å². The summed E-state index contributed by atoms with van der Waals surface area (Å²) in [4.78, 5) is 2.33. The summed E-state index contributed by atoms with van der Waals surface area (Å²) < 4.78 is 13.7. The number of nitrogens with zero attached hydrogens (tertiary/aromatic N) is 1. The molecule has 3 heteroatoms. The van der Waals surface area contributed by atoms with Crippen LogP contribution >= 0.6 is 0 Å². The Bertz CT molecular complexity index is 370. The van der Waals surface area contributed by atoms with E-state index < -0.39 is 0 Å². The van der Waals surface area contributed by atoms with E-state index in [0.717, 1.165) is 37.9 Å². The van der Waals surface area contributed by atoms with Gasteiger partial charge in [0.15, 0.2) is 0 Å². The van der Waals surface area contributed by atoms with E-state index in [1.165, 1.54) is 0 Å². The molecule has 2 rings (SSSR count). The molecule has 1 aliphatic rings. The first-order valence-electron chi connectivity index (χ1n) is 6.26. The van der Waals surface area contributed by atoms with E-state index in [-0.39, 0.29) is 11.4 Å². The second-order valence-electron chi connectivity index (χ2n) is 5.10. The zero-order chi connectivity index (χ0) is 12.3. The summed E-state index contributed by atoms with van der Waals surface area (Å²) in [6.07, 6.45) is 2.94. The largest absolute Gasteiger partial charge is 0.314 e. The number of hydrogen-bond acceptors (Lipinski definition) is 2. The highest BCUT2D eigenvalue weighted by Gasteiger charge is 2.32. The summed E-state index contributed by atoms with van der Waals surface area (Å²) in [5.74, 6) is -0.0824. The van der Waals surface area contributed by atoms with E-state index >= 15 is 0 Å². The monoisotopic (exact) mass is 236 g/mol. The predicted molar refractivity (Wildman–Crippen MR) is 68.6 cm³/mol. The molecule has 1 aromatic carbocycles. The first-order valence-corrected chi connectivity index (χ1v) is 6.26. The Balaban J connectivity index is 2.12. The number of nitrogens with one attached hydrogen (secondary N) is 1. The third-order valence-electron chi connectivity index (χ3n) is 3.96. The van der Waals surface area contributed by atoms with Crippen LogP contribution in [-0.4, -0.2) is 37.6 Å². The van der Waals surface area contributed by atoms with Gasteiger partial charge in [-0.1, -0.05) is 18.2 Å². The van der Waals surface area contributed by atoms with Gasteiger partial charge in [0.2, 0.25) is 0 Å². The zero-order valence-electron chi connectivity index (χ0n) is 10.7. The van der Waals surface area contributed by atoms with Gasteiger partial charge in [-0.2, -0.15) is 0 Å². The summed E-state index contributed by atoms with van der Waals surface area (Å²) in [7, 11) is 4.13. The molecule has 94 valence electrons. The van der Waals surface area contributed by atoms with Crippen molar-refractivity contribution in [2.45, 2.75) is 24.8 Å². The van der Waals surface area contributed by atoms with Gasteiger partial charge >= 0.3 is 0 Å². The first-order chi connectivity index (χ1) is 8.15. The van der Waals surface area contributed by atoms with Gasteiger partial charge in [0.1, 0.15) is 5.82 Å². The summed E-state index contributed by atoms with van der Waals surface area (Å²) in [6, 6.07) is 7.11. The highest BCUT2D eigenvalue weighted by atomic mass is 19.1. The Morgan fingerprint density at radius 3 is 2.53 bits per heavy atom. The molecule has 1 N–H and O–H groups in total. The minimum Gasteiger partial charge on any atom is -0.314 e. The van der Waals surface area contributed by atoms with Crippen LogP contribution in [0.3, 0.4) is 0 Å². The number of rotatable bonds is 3. The van der Waals surface area contributed by atoms with Crippen LogP contribution < -0.4 is 5.32 Å². The Morgan fingerprint density at radius 1 is 1.29 bits per heavy atom. The Hall–Kier alpha value is -0.930. The average Bonchev–Trinajstić information content (AvgIpc) is 2.35. The second kappa shape index (κ2) is 5.15. The second-order valence-corrected chi connectivity index (χ2v) is 5.10. The standard InChI is InChI=1S/C14H21FN2/c1-16-14(7-9-17(2)10-8-14)11-12-5-3-4-6-13(12)15/h3-6,16H,7-11H2,1-2H3. The highest BCUT2D eigenvalue weighted by molar-refractivity contribution is 5.20. The summed E-state index contributed by atoms with van der Waals surface area (Å²) in [6.45, 7) is 2.16. The lowest BCUT2D eigenvalue weighted by Gasteiger charge is -2.41. The molecule has 0 unspecified atom stereocenters. The third kappa shape index (κ3) is 2.85. The van der Waals surface area contributed by atoms with Crippen molar-refractivity contribution < 1.29 is 4.39 Å². The maximum Gasteiger partial charge on any atom is 0.126 e. The van der Waals surface area contributed by atoms with E-state index in [1.807, 2.05) is 19.2 Å². The molecule has 17 heavy (non-hydrogen) atoms. The molecule has 0 spiro atoms. The molecule has 0 atom stereocenters. The van der Waals surface area contributed by atoms with Crippen LogP contribution in [0.15, 0.2) is 24.3 Å². The molecule has 0 aliphatic carbocycles. The lowest BCUT2D eigenvalue weighted by atomic mass is 9.82. The lowest BCUT2D eigenvalue weighted by Crippen LogP contribution is -2.52. The van der Waals surface area contributed by atoms with Crippen LogP contribution in [0.25, 0.3) is 0 Å². The van der Waals surface area contributed by atoms with Crippen LogP contribution in [0.5, 0.6) is 0 Å². The maximum atomic E-state index is 13.7. The Labute approximate surface area is 103 Å². The van der Waals surface area contributed by atoms with Gasteiger partial charge in [-0.15, -0.1) is 0 Å². The molecule has 1 aromatic rings. The third-order valence-corrected chi connectivity index (χ3v) is 3.96. The van der Waals surface area contributed by atoms with Crippen LogP contribution in [-0.2, 0) is 6.42 Å². The van der Waals surface area contributed by atoms with Crippen molar-refractivity contribution in [2.75, 3.05) is 27.2 Å². The van der Waals surface area contributed by atoms with Crippen molar-refractivity contribution in [3.8, 4) is 0 Å². The smallest absolute Gasteiger partial charge is 0.126 e. The quantitative estimate of drug-likeness (QED) is 0.864. The molecule has 2 nitrogen and oxygen atoms in total. The molecule has 0 radical (unpaired) electrons. The van der Waals surface area contributed by atoms with Gasteiger partial charge in [-0.05, 0) is 58.1 Å². The van der Waals surface area contributed by atoms with Gasteiger partial charge < -0.3 is 10.2 Å². The van der Waals surface area contributed by atoms with Crippen LogP contribution in [0.2, 0.25) is 0 Å². The minimum atomic E-state index is -0.0824. The molecule has 0 amide bonds. The van der Waals surface area contributed by atoms with Gasteiger partial charge in [-0.3, -0.25) is 0 Å². The Kier molecular flexibility index (Phi) is 3.79. The van der Waals surface area contributed by atoms with Crippen LogP contribution in [0, 0.1) is 5.82 Å². The van der Waals surface area contributed by atoms with E-state index in [2.05, 4.69) is 17.3 Å². The van der Waals surface area contributed by atoms with Crippen molar-refractivity contribution in [3.63, 3.8) is 0 Å². The predicted octanol–water partition coefficient (Wildman–Crippen LogP) is 2.05. The fraction of sp³-hybridized carbons (Fsp3) is 0.571. The molecule has 0 bridgehead atoms. The van der Waals surface area contributed by atoms with E-state index in [4.69, 9.17) is 0 Å². The average molecular weight is 236 g/mol. The van der Waals surface area contributed by atoms with E-state index in [9.17, 15) is 4.39 Å². The fourth-order valence-corrected chi connectivity index (χ4v) is 2.57. The maximum absolute atomic E-state index is 13.7. The molecule has 1 saturated heterocycles. The van der Waals surface area contributed by atoms with Crippen LogP contribution in [0.1, 0.15) is 18.4 Å². The van der Waals surface area contributed by atoms with Gasteiger partial charge in [0.05, 0.1) is 0 Å². The SMILES string of the molecule is CNC1(Cc2ccccc2F)CCN(C)CC1. The van der Waals surface area contributed by atoms with Gasteiger partial charge in [0, 0.05) is 5.54 Å². The van der Waals surface area contributed by atoms with Crippen molar-refractivity contribution in [2.24, 2.45) is 0 Å². The number of benzene rings is 1. The summed E-state index contributed by atoms with van der Waals surface area (Å²) in [5.41, 5.74) is 0.890. The zero-order valence-corrected chi connectivity index (χ0v) is 10.7. The Morgan fingerprint density at radius 2 is 1.94 bits per heavy atom. The molecule has 0 aromatic heterocycles. The summed E-state index contributed by atoms with van der Waals surface area (Å²) in [5, 5.41) is 3.42. The fourth-order valence-electron chi connectivity index (χ4n) is 2.57. The minimum absolute atomic E-state index is 0.0642. The number of halogens is 1. The first kappa shape index (κ1) is 12.5.